The van der Waals surface area contributed by atoms with Gasteiger partial charge in [0.2, 0.25) is 12.2 Å². The van der Waals surface area contributed by atoms with Gasteiger partial charge in [0.25, 0.3) is 21.0 Å². The first-order valence-corrected chi connectivity index (χ1v) is 8.87. The Morgan fingerprint density at radius 1 is 0.667 bits per heavy atom. The average Bonchev–Trinajstić information content (AvgIpc) is 2.68. The largest absolute Gasteiger partial charge is 0.276 e. The standard InChI is InChI=1S/2C9H3Cl2NO3/c10-8(14)5-1-2-7(12-4-13)6(3-5)9(11)15;10-8(14)5-2-1-3-6(9(11)15)7(5)12-4-13/h2*1-3H. The van der Waals surface area contributed by atoms with Gasteiger partial charge in [0.15, 0.2) is 0 Å². The number of benzene rings is 2. The van der Waals surface area contributed by atoms with E-state index in [0.717, 1.165) is 0 Å². The molecule has 2 rings (SSSR count). The number of halogens is 4. The van der Waals surface area contributed by atoms with Gasteiger partial charge in [0, 0.05) is 5.56 Å². The monoisotopic (exact) mass is 486 g/mol. The molecule has 0 heterocycles. The van der Waals surface area contributed by atoms with E-state index >= 15 is 0 Å². The van der Waals surface area contributed by atoms with Gasteiger partial charge in [-0.25, -0.2) is 9.59 Å². The van der Waals surface area contributed by atoms with Crippen molar-refractivity contribution in [1.29, 1.82) is 0 Å². The van der Waals surface area contributed by atoms with Crippen LogP contribution < -0.4 is 0 Å². The summed E-state index contributed by atoms with van der Waals surface area (Å²) in [6.45, 7) is 0. The molecule has 2 aromatic rings. The van der Waals surface area contributed by atoms with Crippen LogP contribution in [0.1, 0.15) is 41.4 Å². The summed E-state index contributed by atoms with van der Waals surface area (Å²) in [5, 5.41) is -3.22. The van der Waals surface area contributed by atoms with Gasteiger partial charge in [0.1, 0.15) is 5.69 Å². The van der Waals surface area contributed by atoms with E-state index in [4.69, 9.17) is 46.4 Å². The number of hydrogen-bond donors (Lipinski definition) is 0. The molecule has 0 N–H and O–H groups in total. The van der Waals surface area contributed by atoms with Gasteiger partial charge < -0.3 is 0 Å². The summed E-state index contributed by atoms with van der Waals surface area (Å²) in [7, 11) is 0. The van der Waals surface area contributed by atoms with E-state index in [1.54, 1.807) is 0 Å². The van der Waals surface area contributed by atoms with Crippen molar-refractivity contribution < 1.29 is 28.8 Å². The molecule has 0 bridgehead atoms. The first kappa shape index (κ1) is 25.1. The molecule has 0 fully saturated rings. The fraction of sp³-hybridized carbons (Fsp3) is 0. The Balaban J connectivity index is 0.000000300. The Kier molecular flexibility index (Phi) is 9.95. The predicted molar refractivity (Wildman–Crippen MR) is 109 cm³/mol. The number of aliphatic imine (C=N–C) groups is 2. The quantitative estimate of drug-likeness (QED) is 0.326. The van der Waals surface area contributed by atoms with Gasteiger partial charge in [-0.2, -0.15) is 9.98 Å². The Morgan fingerprint density at radius 3 is 1.57 bits per heavy atom. The molecule has 0 aliphatic carbocycles. The third kappa shape index (κ3) is 6.83. The van der Waals surface area contributed by atoms with E-state index in [1.165, 1.54) is 48.6 Å². The molecule has 0 saturated carbocycles. The number of rotatable bonds is 6. The second-order valence-corrected chi connectivity index (χ2v) is 6.31. The maximum atomic E-state index is 10.9. The molecule has 0 atom stereocenters. The molecule has 0 saturated heterocycles. The van der Waals surface area contributed by atoms with Gasteiger partial charge in [-0.1, -0.05) is 6.07 Å². The van der Waals surface area contributed by atoms with Crippen LogP contribution in [0.4, 0.5) is 11.4 Å². The first-order valence-electron chi connectivity index (χ1n) is 7.36. The predicted octanol–water partition coefficient (Wildman–Crippen LogP) is 4.82. The van der Waals surface area contributed by atoms with Crippen molar-refractivity contribution >= 4 is 90.9 Å². The summed E-state index contributed by atoms with van der Waals surface area (Å²) < 4.78 is 0. The fourth-order valence-corrected chi connectivity index (χ4v) is 2.56. The highest BCUT2D eigenvalue weighted by molar-refractivity contribution is 6.70. The highest BCUT2D eigenvalue weighted by Crippen LogP contribution is 2.27. The van der Waals surface area contributed by atoms with E-state index < -0.39 is 21.0 Å². The van der Waals surface area contributed by atoms with E-state index in [-0.39, 0.29) is 33.6 Å². The molecule has 12 heteroatoms. The smallest absolute Gasteiger partial charge is 0.254 e. The van der Waals surface area contributed by atoms with Gasteiger partial charge >= 0.3 is 0 Å². The van der Waals surface area contributed by atoms with E-state index in [2.05, 4.69) is 9.98 Å². The maximum Gasteiger partial charge on any atom is 0.254 e. The van der Waals surface area contributed by atoms with E-state index in [1.807, 2.05) is 0 Å². The maximum absolute atomic E-state index is 10.9. The molecule has 0 aliphatic heterocycles. The summed E-state index contributed by atoms with van der Waals surface area (Å²) in [6.07, 6.45) is 2.50. The minimum Gasteiger partial charge on any atom is -0.276 e. The lowest BCUT2D eigenvalue weighted by Crippen LogP contribution is -1.96. The van der Waals surface area contributed by atoms with E-state index in [9.17, 15) is 28.8 Å². The molecule has 0 radical (unpaired) electrons. The van der Waals surface area contributed by atoms with Crippen molar-refractivity contribution in [3.63, 3.8) is 0 Å². The molecule has 0 aliphatic rings. The lowest BCUT2D eigenvalue weighted by atomic mass is 10.1. The summed E-state index contributed by atoms with van der Waals surface area (Å²) in [6, 6.07) is 7.85. The van der Waals surface area contributed by atoms with Crippen molar-refractivity contribution in [2.75, 3.05) is 0 Å². The Labute approximate surface area is 188 Å². The van der Waals surface area contributed by atoms with Crippen LogP contribution >= 0.6 is 46.4 Å². The summed E-state index contributed by atoms with van der Waals surface area (Å²) in [5.74, 6) is 0. The number of hydrogen-bond acceptors (Lipinski definition) is 8. The summed E-state index contributed by atoms with van der Waals surface area (Å²) >= 11 is 20.9. The van der Waals surface area contributed by atoms with Crippen LogP contribution in [-0.2, 0) is 9.59 Å². The fourth-order valence-electron chi connectivity index (χ4n) is 1.99. The molecule has 152 valence electrons. The molecule has 0 unspecified atom stereocenters. The molecule has 0 aromatic heterocycles. The third-order valence-electron chi connectivity index (χ3n) is 3.22. The lowest BCUT2D eigenvalue weighted by Gasteiger charge is -2.02. The molecular weight excluding hydrogens is 482 g/mol. The van der Waals surface area contributed by atoms with Crippen LogP contribution in [0.25, 0.3) is 0 Å². The minimum absolute atomic E-state index is 0.0478. The van der Waals surface area contributed by atoms with Crippen molar-refractivity contribution in [2.24, 2.45) is 9.98 Å². The summed E-state index contributed by atoms with van der Waals surface area (Å²) in [4.78, 5) is 70.3. The number of carbonyl (C=O) groups excluding carboxylic acids is 6. The topological polar surface area (TPSA) is 127 Å². The van der Waals surface area contributed by atoms with Gasteiger partial charge in [-0.15, -0.1) is 0 Å². The normalized spacial score (nSPS) is 9.20. The molecule has 0 amide bonds. The van der Waals surface area contributed by atoms with Crippen LogP contribution in [0.2, 0.25) is 0 Å². The van der Waals surface area contributed by atoms with E-state index in [0.29, 0.717) is 0 Å². The third-order valence-corrected chi connectivity index (χ3v) is 4.05. The van der Waals surface area contributed by atoms with Crippen LogP contribution in [0.3, 0.4) is 0 Å². The Bertz CT molecular complexity index is 1090. The minimum atomic E-state index is -0.830. The van der Waals surface area contributed by atoms with Gasteiger partial charge in [0.05, 0.1) is 22.4 Å². The second-order valence-electron chi connectivity index (χ2n) is 4.93. The molecular formula is C18H6Cl4N2O6. The zero-order valence-corrected chi connectivity index (χ0v) is 17.3. The number of carbonyl (C=O) groups is 4. The number of isocyanates is 2. The molecule has 2 aromatic carbocycles. The summed E-state index contributed by atoms with van der Waals surface area (Å²) in [5.41, 5.74) is -0.200. The van der Waals surface area contributed by atoms with Crippen molar-refractivity contribution in [1.82, 2.24) is 0 Å². The number of para-hydroxylation sites is 1. The van der Waals surface area contributed by atoms with Crippen LogP contribution in [0.15, 0.2) is 46.4 Å². The second kappa shape index (κ2) is 11.9. The molecule has 8 nitrogen and oxygen atoms in total. The highest BCUT2D eigenvalue weighted by Gasteiger charge is 2.16. The molecule has 30 heavy (non-hydrogen) atoms. The molecule has 0 spiro atoms. The van der Waals surface area contributed by atoms with Crippen LogP contribution in [0, 0.1) is 0 Å². The lowest BCUT2D eigenvalue weighted by molar-refractivity contribution is 0.106. The average molecular weight is 488 g/mol. The van der Waals surface area contributed by atoms with Crippen LogP contribution in [-0.4, -0.2) is 33.1 Å². The first-order chi connectivity index (χ1) is 14.1. The SMILES string of the molecule is O=C=Nc1c(C(=O)Cl)cccc1C(=O)Cl.O=C=Nc1ccc(C(=O)Cl)cc1C(=O)Cl. The van der Waals surface area contributed by atoms with Crippen molar-refractivity contribution in [2.45, 2.75) is 0 Å². The Hall–Kier alpha value is -2.96. The van der Waals surface area contributed by atoms with Gasteiger partial charge in [-0.05, 0) is 76.7 Å². The van der Waals surface area contributed by atoms with Gasteiger partial charge in [-0.3, -0.25) is 19.2 Å². The zero-order valence-electron chi connectivity index (χ0n) is 14.3. The van der Waals surface area contributed by atoms with Crippen molar-refractivity contribution in [3.05, 3.63) is 58.7 Å². The highest BCUT2D eigenvalue weighted by atomic mass is 35.5. The number of nitrogens with zero attached hydrogens (tertiary/aromatic N) is 2. The van der Waals surface area contributed by atoms with Crippen molar-refractivity contribution in [3.8, 4) is 0 Å². The Morgan fingerprint density at radius 2 is 1.17 bits per heavy atom. The zero-order chi connectivity index (χ0) is 22.8. The van der Waals surface area contributed by atoms with Crippen LogP contribution in [0.5, 0.6) is 0 Å².